The molecule has 0 aliphatic heterocycles. The molecule has 1 fully saturated rings. The lowest BCUT2D eigenvalue weighted by molar-refractivity contribution is -0.141. The quantitative estimate of drug-likeness (QED) is 0.777. The Balaban J connectivity index is 2.37. The van der Waals surface area contributed by atoms with Crippen LogP contribution in [0.3, 0.4) is 0 Å². The van der Waals surface area contributed by atoms with Gasteiger partial charge in [-0.2, -0.15) is 0 Å². The first kappa shape index (κ1) is 14.5. The zero-order chi connectivity index (χ0) is 12.8. The van der Waals surface area contributed by atoms with Gasteiger partial charge in [0.2, 0.25) is 0 Å². The molecule has 0 amide bonds. The smallest absolute Gasteiger partial charge is 0.307 e. The molecule has 0 saturated heterocycles. The Labute approximate surface area is 105 Å². The average Bonchev–Trinajstić information content (AvgIpc) is 2.27. The summed E-state index contributed by atoms with van der Waals surface area (Å²) in [4.78, 5) is 13.2. The third-order valence-electron chi connectivity index (χ3n) is 3.96. The van der Waals surface area contributed by atoms with Crippen molar-refractivity contribution in [2.24, 2.45) is 17.8 Å². The highest BCUT2D eigenvalue weighted by molar-refractivity contribution is 5.69. The van der Waals surface area contributed by atoms with Crippen LogP contribution in [-0.2, 0) is 4.79 Å². The zero-order valence-corrected chi connectivity index (χ0v) is 11.5. The van der Waals surface area contributed by atoms with E-state index in [0.717, 1.165) is 24.9 Å². The molecule has 0 spiro atoms. The highest BCUT2D eigenvalue weighted by Crippen LogP contribution is 2.29. The summed E-state index contributed by atoms with van der Waals surface area (Å²) in [5.41, 5.74) is 0. The molecule has 0 aromatic carbocycles. The lowest BCUT2D eigenvalue weighted by atomic mass is 9.82. The molecule has 3 nitrogen and oxygen atoms in total. The van der Waals surface area contributed by atoms with Gasteiger partial charge in [-0.1, -0.05) is 33.6 Å². The van der Waals surface area contributed by atoms with Gasteiger partial charge in [0.05, 0.1) is 5.92 Å². The van der Waals surface area contributed by atoms with Crippen molar-refractivity contribution in [1.29, 1.82) is 0 Å². The molecule has 1 saturated carbocycles. The average molecular weight is 241 g/mol. The Hall–Kier alpha value is -0.570. The molecule has 0 radical (unpaired) electrons. The summed E-state index contributed by atoms with van der Waals surface area (Å²) in [6, 6.07) is 0. The summed E-state index contributed by atoms with van der Waals surface area (Å²) in [7, 11) is 0. The van der Waals surface area contributed by atoms with Gasteiger partial charge >= 0.3 is 5.97 Å². The highest BCUT2D eigenvalue weighted by atomic mass is 16.4. The van der Waals surface area contributed by atoms with E-state index >= 15 is 0 Å². The van der Waals surface area contributed by atoms with E-state index in [1.807, 2.05) is 0 Å². The SMILES string of the molecule is CCN(CC1CCCC(C)C1)CC(C)C(=O)O. The van der Waals surface area contributed by atoms with Crippen LogP contribution in [0.15, 0.2) is 0 Å². The van der Waals surface area contributed by atoms with Crippen molar-refractivity contribution in [1.82, 2.24) is 4.90 Å². The minimum absolute atomic E-state index is 0.254. The van der Waals surface area contributed by atoms with Gasteiger partial charge in [-0.05, 0) is 31.2 Å². The lowest BCUT2D eigenvalue weighted by Gasteiger charge is -2.32. The largest absolute Gasteiger partial charge is 0.481 e. The topological polar surface area (TPSA) is 40.5 Å². The van der Waals surface area contributed by atoms with E-state index in [-0.39, 0.29) is 5.92 Å². The van der Waals surface area contributed by atoms with Crippen LogP contribution in [0.1, 0.15) is 46.5 Å². The number of nitrogens with zero attached hydrogens (tertiary/aromatic N) is 1. The van der Waals surface area contributed by atoms with E-state index in [1.54, 1.807) is 6.92 Å². The number of carboxylic acid groups (broad SMARTS) is 1. The fourth-order valence-corrected chi connectivity index (χ4v) is 2.89. The molecule has 1 aliphatic carbocycles. The highest BCUT2D eigenvalue weighted by Gasteiger charge is 2.22. The van der Waals surface area contributed by atoms with Crippen LogP contribution in [-0.4, -0.2) is 35.6 Å². The molecule has 0 heterocycles. The van der Waals surface area contributed by atoms with Gasteiger partial charge in [0.15, 0.2) is 0 Å². The number of aliphatic carboxylic acids is 1. The van der Waals surface area contributed by atoms with Gasteiger partial charge in [0, 0.05) is 13.1 Å². The van der Waals surface area contributed by atoms with E-state index in [2.05, 4.69) is 18.7 Å². The third kappa shape index (κ3) is 5.07. The van der Waals surface area contributed by atoms with Crippen molar-refractivity contribution in [2.75, 3.05) is 19.6 Å². The second kappa shape index (κ2) is 7.00. The van der Waals surface area contributed by atoms with E-state index in [9.17, 15) is 4.79 Å². The first-order valence-electron chi connectivity index (χ1n) is 6.98. The predicted octanol–water partition coefficient (Wildman–Crippen LogP) is 2.86. The maximum atomic E-state index is 10.9. The van der Waals surface area contributed by atoms with Gasteiger partial charge in [-0.3, -0.25) is 4.79 Å². The van der Waals surface area contributed by atoms with E-state index in [0.29, 0.717) is 6.54 Å². The molecular weight excluding hydrogens is 214 g/mol. The predicted molar refractivity (Wildman–Crippen MR) is 70.0 cm³/mol. The third-order valence-corrected chi connectivity index (χ3v) is 3.96. The van der Waals surface area contributed by atoms with Crippen LogP contribution in [0.25, 0.3) is 0 Å². The van der Waals surface area contributed by atoms with E-state index in [1.165, 1.54) is 25.7 Å². The summed E-state index contributed by atoms with van der Waals surface area (Å²) in [6.45, 7) is 9.00. The maximum Gasteiger partial charge on any atom is 0.307 e. The monoisotopic (exact) mass is 241 g/mol. The molecule has 1 aliphatic rings. The summed E-state index contributed by atoms with van der Waals surface area (Å²) >= 11 is 0. The number of hydrogen-bond acceptors (Lipinski definition) is 2. The van der Waals surface area contributed by atoms with Crippen LogP contribution < -0.4 is 0 Å². The number of carbonyl (C=O) groups is 1. The van der Waals surface area contributed by atoms with Crippen molar-refractivity contribution >= 4 is 5.97 Å². The van der Waals surface area contributed by atoms with Crippen molar-refractivity contribution in [3.05, 3.63) is 0 Å². The summed E-state index contributed by atoms with van der Waals surface area (Å²) in [6.07, 6.45) is 5.35. The van der Waals surface area contributed by atoms with E-state index < -0.39 is 5.97 Å². The van der Waals surface area contributed by atoms with Crippen molar-refractivity contribution in [3.63, 3.8) is 0 Å². The zero-order valence-electron chi connectivity index (χ0n) is 11.5. The van der Waals surface area contributed by atoms with Crippen LogP contribution in [0.2, 0.25) is 0 Å². The molecule has 3 atom stereocenters. The number of rotatable bonds is 6. The van der Waals surface area contributed by atoms with Crippen molar-refractivity contribution in [2.45, 2.75) is 46.5 Å². The van der Waals surface area contributed by atoms with E-state index in [4.69, 9.17) is 5.11 Å². The number of hydrogen-bond donors (Lipinski definition) is 1. The Morgan fingerprint density at radius 2 is 2.18 bits per heavy atom. The second-order valence-electron chi connectivity index (χ2n) is 5.73. The summed E-state index contributed by atoms with van der Waals surface area (Å²) < 4.78 is 0. The molecule has 17 heavy (non-hydrogen) atoms. The summed E-state index contributed by atoms with van der Waals surface area (Å²) in [5.74, 6) is 0.695. The molecule has 1 N–H and O–H groups in total. The Kier molecular flexibility index (Phi) is 5.96. The standard InChI is InChI=1S/C14H27NO2/c1-4-15(9-12(3)14(16)17)10-13-7-5-6-11(2)8-13/h11-13H,4-10H2,1-3H3,(H,16,17). The van der Waals surface area contributed by atoms with Gasteiger partial charge in [-0.25, -0.2) is 0 Å². The molecule has 0 aromatic heterocycles. The van der Waals surface area contributed by atoms with Crippen LogP contribution >= 0.6 is 0 Å². The minimum atomic E-state index is -0.680. The molecular formula is C14H27NO2. The second-order valence-corrected chi connectivity index (χ2v) is 5.73. The molecule has 3 unspecified atom stereocenters. The number of carboxylic acids is 1. The fourth-order valence-electron chi connectivity index (χ4n) is 2.89. The van der Waals surface area contributed by atoms with Gasteiger partial charge in [0.1, 0.15) is 0 Å². The van der Waals surface area contributed by atoms with Gasteiger partial charge < -0.3 is 10.0 Å². The Morgan fingerprint density at radius 3 is 2.71 bits per heavy atom. The summed E-state index contributed by atoms with van der Waals surface area (Å²) in [5, 5.41) is 8.95. The van der Waals surface area contributed by atoms with Crippen LogP contribution in [0.4, 0.5) is 0 Å². The molecule has 0 aromatic rings. The first-order valence-corrected chi connectivity index (χ1v) is 6.98. The lowest BCUT2D eigenvalue weighted by Crippen LogP contribution is -2.36. The van der Waals surface area contributed by atoms with Gasteiger partial charge in [0.25, 0.3) is 0 Å². The van der Waals surface area contributed by atoms with Crippen molar-refractivity contribution < 1.29 is 9.90 Å². The molecule has 0 bridgehead atoms. The van der Waals surface area contributed by atoms with Gasteiger partial charge in [-0.15, -0.1) is 0 Å². The first-order chi connectivity index (χ1) is 8.02. The normalized spacial score (nSPS) is 27.1. The Morgan fingerprint density at radius 1 is 1.47 bits per heavy atom. The molecule has 3 heteroatoms. The van der Waals surface area contributed by atoms with Crippen LogP contribution in [0.5, 0.6) is 0 Å². The molecule has 100 valence electrons. The molecule has 1 rings (SSSR count). The van der Waals surface area contributed by atoms with Crippen LogP contribution in [0, 0.1) is 17.8 Å². The fraction of sp³-hybridized carbons (Fsp3) is 0.929. The Bertz CT molecular complexity index is 242. The van der Waals surface area contributed by atoms with Crippen molar-refractivity contribution in [3.8, 4) is 0 Å². The minimum Gasteiger partial charge on any atom is -0.481 e. The maximum absolute atomic E-state index is 10.9.